The van der Waals surface area contributed by atoms with Crippen LogP contribution in [0.15, 0.2) is 36.4 Å². The Kier molecular flexibility index (Phi) is 59.4. The number of nitrogens with one attached hydrogen (secondary N) is 4. The van der Waals surface area contributed by atoms with Crippen LogP contribution in [0.1, 0.15) is 22.8 Å². The van der Waals surface area contributed by atoms with E-state index in [9.17, 15) is 0 Å². The molecule has 0 aliphatic carbocycles. The van der Waals surface area contributed by atoms with E-state index >= 15 is 0 Å². The van der Waals surface area contributed by atoms with Crippen LogP contribution < -0.4 is 101 Å². The molecular formula is C26H52Br4Mn2N10O4. The SMILES string of the molecule is NCCN1CCNCc2cccc(n2)CNCC1.NCCN1CCNCc2cccc(n2)CNCC1.O.O.O.[Br-].[Br-].[Br-].[Br-].[Mn+3].[Mn+3].[O-2]. The van der Waals surface area contributed by atoms with Crippen LogP contribution in [0.25, 0.3) is 0 Å². The number of nitrogens with zero attached hydrogens (tertiary/aromatic N) is 4. The van der Waals surface area contributed by atoms with E-state index in [0.717, 1.165) is 127 Å². The van der Waals surface area contributed by atoms with Gasteiger partial charge in [0.15, 0.2) is 0 Å². The van der Waals surface area contributed by atoms with Gasteiger partial charge < -0.3 is 123 Å². The van der Waals surface area contributed by atoms with Gasteiger partial charge in [-0.1, -0.05) is 12.1 Å². The molecule has 0 aromatic carbocycles. The van der Waals surface area contributed by atoms with Gasteiger partial charge in [-0.3, -0.25) is 19.8 Å². The molecule has 0 amide bonds. The minimum Gasteiger partial charge on any atom is -2.00 e. The average molecular weight is 998 g/mol. The van der Waals surface area contributed by atoms with Crippen molar-refractivity contribution in [1.29, 1.82) is 0 Å². The minimum atomic E-state index is 0. The van der Waals surface area contributed by atoms with Crippen molar-refractivity contribution < 1.29 is 124 Å². The van der Waals surface area contributed by atoms with Gasteiger partial charge in [-0.2, -0.15) is 0 Å². The zero-order valence-corrected chi connectivity index (χ0v) is 34.6. The quantitative estimate of drug-likeness (QED) is 0.158. The number of aromatic nitrogens is 2. The Morgan fingerprint density at radius 1 is 0.522 bits per heavy atom. The second-order valence-electron chi connectivity index (χ2n) is 9.21. The number of fused-ring (bicyclic) bond motifs is 4. The molecule has 0 unspecified atom stereocenters. The minimum absolute atomic E-state index is 0. The van der Waals surface area contributed by atoms with E-state index in [-0.39, 0.29) is 124 Å². The molecule has 2 aliphatic heterocycles. The monoisotopic (exact) mass is 994 g/mol. The van der Waals surface area contributed by atoms with Crippen molar-refractivity contribution in [2.24, 2.45) is 11.5 Å². The van der Waals surface area contributed by atoms with Crippen LogP contribution in [0, 0.1) is 0 Å². The van der Waals surface area contributed by atoms with Crippen LogP contribution in [0.2, 0.25) is 0 Å². The van der Waals surface area contributed by atoms with Crippen LogP contribution in [0.5, 0.6) is 0 Å². The maximum atomic E-state index is 5.63. The van der Waals surface area contributed by atoms with Gasteiger partial charge in [0.25, 0.3) is 0 Å². The number of pyridine rings is 2. The first-order chi connectivity index (χ1) is 17.8. The topological polar surface area (TPSA) is 255 Å². The Balaban J connectivity index is -0.0000000860. The van der Waals surface area contributed by atoms with Gasteiger partial charge in [0.1, 0.15) is 0 Å². The molecule has 2 aromatic heterocycles. The molecule has 272 valence electrons. The molecule has 4 bridgehead atoms. The van der Waals surface area contributed by atoms with Gasteiger partial charge in [-0.15, -0.1) is 0 Å². The van der Waals surface area contributed by atoms with E-state index in [1.165, 1.54) is 0 Å². The third-order valence-electron chi connectivity index (χ3n) is 6.26. The Morgan fingerprint density at radius 3 is 0.978 bits per heavy atom. The van der Waals surface area contributed by atoms with Crippen molar-refractivity contribution >= 4 is 0 Å². The summed E-state index contributed by atoms with van der Waals surface area (Å²) >= 11 is 0. The molecule has 46 heavy (non-hydrogen) atoms. The van der Waals surface area contributed by atoms with E-state index in [4.69, 9.17) is 11.5 Å². The van der Waals surface area contributed by atoms with E-state index < -0.39 is 0 Å². The smallest absolute Gasteiger partial charge is 2.00 e. The van der Waals surface area contributed by atoms with Gasteiger partial charge in [0, 0.05) is 105 Å². The summed E-state index contributed by atoms with van der Waals surface area (Å²) < 4.78 is 0. The molecule has 0 radical (unpaired) electrons. The fourth-order valence-electron chi connectivity index (χ4n) is 4.30. The number of hydrogen-bond donors (Lipinski definition) is 6. The third-order valence-corrected chi connectivity index (χ3v) is 6.26. The van der Waals surface area contributed by atoms with Crippen LogP contribution in [0.4, 0.5) is 0 Å². The Hall–Kier alpha value is 0.779. The van der Waals surface area contributed by atoms with Crippen LogP contribution in [-0.2, 0) is 65.8 Å². The first-order valence-corrected chi connectivity index (χ1v) is 13.3. The molecule has 20 heteroatoms. The van der Waals surface area contributed by atoms with Gasteiger partial charge in [-0.25, -0.2) is 0 Å². The molecule has 0 spiro atoms. The molecule has 0 fully saturated rings. The number of halogens is 4. The number of nitrogens with two attached hydrogens (primary N) is 2. The summed E-state index contributed by atoms with van der Waals surface area (Å²) in [7, 11) is 0. The molecular weight excluding hydrogens is 946 g/mol. The van der Waals surface area contributed by atoms with E-state index in [0.29, 0.717) is 0 Å². The second kappa shape index (κ2) is 41.9. The number of rotatable bonds is 4. The summed E-state index contributed by atoms with van der Waals surface area (Å²) in [6.45, 7) is 14.8. The third kappa shape index (κ3) is 28.6. The van der Waals surface area contributed by atoms with Gasteiger partial charge >= 0.3 is 34.1 Å². The average Bonchev–Trinajstić information content (AvgIpc) is 2.89. The summed E-state index contributed by atoms with van der Waals surface area (Å²) in [6, 6.07) is 12.4. The zero-order valence-electron chi connectivity index (χ0n) is 25.9. The van der Waals surface area contributed by atoms with Gasteiger partial charge in [-0.05, 0) is 24.3 Å². The van der Waals surface area contributed by atoms with Gasteiger partial charge in [0.2, 0.25) is 0 Å². The Bertz CT molecular complexity index is 775. The summed E-state index contributed by atoms with van der Waals surface area (Å²) in [5.41, 5.74) is 15.7. The van der Waals surface area contributed by atoms with Crippen molar-refractivity contribution in [2.45, 2.75) is 26.2 Å². The molecule has 4 heterocycles. The second-order valence-corrected chi connectivity index (χ2v) is 9.21. The summed E-state index contributed by atoms with van der Waals surface area (Å²) in [5, 5.41) is 13.7. The van der Waals surface area contributed by atoms with Gasteiger partial charge in [0.05, 0.1) is 22.8 Å². The molecule has 0 saturated carbocycles. The first kappa shape index (κ1) is 65.2. The van der Waals surface area contributed by atoms with Crippen LogP contribution in [-0.4, -0.2) is 115 Å². The normalized spacial score (nSPS) is 14.8. The van der Waals surface area contributed by atoms with Crippen molar-refractivity contribution in [3.05, 3.63) is 59.2 Å². The molecule has 2 aromatic rings. The predicted octanol–water partition coefficient (Wildman–Crippen LogP) is -15.5. The summed E-state index contributed by atoms with van der Waals surface area (Å²) in [4.78, 5) is 14.0. The first-order valence-electron chi connectivity index (χ1n) is 13.3. The molecule has 2 aliphatic rings. The van der Waals surface area contributed by atoms with E-state index in [1.807, 2.05) is 0 Å². The van der Waals surface area contributed by atoms with Crippen molar-refractivity contribution in [2.75, 3.05) is 78.5 Å². The van der Waals surface area contributed by atoms with E-state index in [2.05, 4.69) is 77.4 Å². The van der Waals surface area contributed by atoms with Crippen molar-refractivity contribution in [3.63, 3.8) is 0 Å². The Morgan fingerprint density at radius 2 is 0.761 bits per heavy atom. The van der Waals surface area contributed by atoms with Crippen molar-refractivity contribution in [3.8, 4) is 0 Å². The molecule has 14 nitrogen and oxygen atoms in total. The van der Waals surface area contributed by atoms with Crippen LogP contribution in [0.3, 0.4) is 0 Å². The molecule has 14 N–H and O–H groups in total. The van der Waals surface area contributed by atoms with E-state index in [1.54, 1.807) is 0 Å². The Labute approximate surface area is 337 Å². The number of hydrogen-bond acceptors (Lipinski definition) is 10. The summed E-state index contributed by atoms with van der Waals surface area (Å²) in [5.74, 6) is 0. The molecule has 0 saturated heterocycles. The summed E-state index contributed by atoms with van der Waals surface area (Å²) in [6.07, 6.45) is 0. The fourth-order valence-corrected chi connectivity index (χ4v) is 4.30. The molecule has 0 atom stereocenters. The zero-order chi connectivity index (χ0) is 25.3. The van der Waals surface area contributed by atoms with Crippen molar-refractivity contribution in [1.82, 2.24) is 41.0 Å². The fraction of sp³-hybridized carbons (Fsp3) is 0.615. The predicted molar refractivity (Wildman–Crippen MR) is 158 cm³/mol. The maximum absolute atomic E-state index is 5.63. The van der Waals surface area contributed by atoms with Crippen LogP contribution >= 0.6 is 0 Å². The standard InChI is InChI=1S/2C13H23N5.4BrH.2Mn.3H2O.O/c2*14-4-7-18-8-5-15-10-12-2-1-3-13(17-12)11-16-6-9-18;;;;;;;;;;/h2*1-3,15-16H,4-11,14H2;4*1H;;;3*1H2;/q;;;;;;2*+3;;;;-2/p-4. The molecule has 4 rings (SSSR count). The largest absolute Gasteiger partial charge is 3.00 e. The maximum Gasteiger partial charge on any atom is 3.00 e.